The van der Waals surface area contributed by atoms with E-state index in [-0.39, 0.29) is 29.5 Å². The predicted octanol–water partition coefficient (Wildman–Crippen LogP) is 9.97. The van der Waals surface area contributed by atoms with Gasteiger partial charge in [-0.05, 0) is 67.7 Å². The van der Waals surface area contributed by atoms with Crippen molar-refractivity contribution in [3.63, 3.8) is 0 Å². The number of phenolic OH excluding ortho intramolecular Hbond substituents is 1. The van der Waals surface area contributed by atoms with Gasteiger partial charge in [0.25, 0.3) is 5.91 Å². The number of aromatic hydroxyl groups is 1. The van der Waals surface area contributed by atoms with Crippen LogP contribution >= 0.6 is 0 Å². The number of allylic oxidation sites excluding steroid dienone is 2. The van der Waals surface area contributed by atoms with Gasteiger partial charge in [-0.1, -0.05) is 126 Å². The van der Waals surface area contributed by atoms with Gasteiger partial charge in [-0.3, -0.25) is 14.4 Å². The van der Waals surface area contributed by atoms with Crippen molar-refractivity contribution in [1.29, 1.82) is 0 Å². The number of carbonyl (C=O) groups excluding carboxylic acids is 2. The number of amides is 2. The molecule has 7 heteroatoms. The van der Waals surface area contributed by atoms with E-state index in [1.165, 1.54) is 70.6 Å². The Kier molecular flexibility index (Phi) is 17.9. The van der Waals surface area contributed by atoms with Crippen molar-refractivity contribution >= 4 is 34.2 Å². The van der Waals surface area contributed by atoms with Gasteiger partial charge in [0.15, 0.2) is 0 Å². The second-order valence-corrected chi connectivity index (χ2v) is 12.9. The molecule has 4 N–H and O–H groups in total. The molecule has 1 unspecified atom stereocenters. The van der Waals surface area contributed by atoms with E-state index in [4.69, 9.17) is 0 Å². The van der Waals surface area contributed by atoms with Gasteiger partial charge in [-0.15, -0.1) is 0 Å². The van der Waals surface area contributed by atoms with Gasteiger partial charge < -0.3 is 20.8 Å². The maximum absolute atomic E-state index is 12.7. The van der Waals surface area contributed by atoms with Crippen LogP contribution in [0.15, 0.2) is 72.8 Å². The van der Waals surface area contributed by atoms with Crippen molar-refractivity contribution in [3.8, 4) is 5.75 Å². The Morgan fingerprint density at radius 3 is 2.04 bits per heavy atom. The molecule has 0 heterocycles. The van der Waals surface area contributed by atoms with Gasteiger partial charge in [0.2, 0.25) is 5.91 Å². The van der Waals surface area contributed by atoms with Crippen LogP contribution in [0, 0.1) is 5.92 Å². The summed E-state index contributed by atoms with van der Waals surface area (Å²) in [6.07, 6.45) is 22.7. The number of benzene rings is 3. The molecule has 2 amide bonds. The van der Waals surface area contributed by atoms with Gasteiger partial charge in [-0.25, -0.2) is 0 Å². The lowest BCUT2D eigenvalue weighted by Crippen LogP contribution is -2.25. The Morgan fingerprint density at radius 2 is 1.38 bits per heavy atom. The number of carboxylic acid groups (broad SMARTS) is 1. The molecule has 1 atom stereocenters. The Bertz CT molecular complexity index is 1430. The molecule has 0 spiro atoms. The third kappa shape index (κ3) is 14.3. The average molecular weight is 657 g/mol. The van der Waals surface area contributed by atoms with E-state index in [2.05, 4.69) is 29.7 Å². The van der Waals surface area contributed by atoms with Gasteiger partial charge in [0.1, 0.15) is 5.75 Å². The maximum atomic E-state index is 12.7. The number of anilines is 1. The Morgan fingerprint density at radius 1 is 0.750 bits per heavy atom. The van der Waals surface area contributed by atoms with E-state index in [1.54, 1.807) is 24.3 Å². The van der Waals surface area contributed by atoms with Crippen LogP contribution in [0.4, 0.5) is 5.69 Å². The number of carboxylic acids is 1. The number of unbranched alkanes of at least 4 members (excludes halogenated alkanes) is 12. The van der Waals surface area contributed by atoms with E-state index in [1.807, 2.05) is 36.4 Å². The maximum Gasteiger partial charge on any atom is 0.307 e. The fraction of sp³-hybridized carbons (Fsp3) is 0.488. The Balaban J connectivity index is 1.27. The molecule has 0 aliphatic rings. The first kappa shape index (κ1) is 38.3. The standard InChI is InChI=1S/C41H56N2O5/c1-2-3-4-5-6-7-8-9-10-11-12-13-14-15-16-17-21-34(41(47)48)31-38(44)43-35-26-23-32(24-27-35)29-30-42-40(46)37-28-25-33-20-18-19-22-36(33)39(37)45/h14-15,18-20,22-28,34,45H,2-13,16-17,21,29-31H2,1H3,(H,42,46)(H,43,44)(H,47,48)/b15-14+. The molecule has 3 rings (SSSR count). The SMILES string of the molecule is CCCCCCCCCCCCC/C=C/CCCC(CC(=O)Nc1ccc(CCNC(=O)c2ccc3ccccc3c2O)cc1)C(=O)O. The summed E-state index contributed by atoms with van der Waals surface area (Å²) in [6, 6.07) is 18.1. The first-order valence-corrected chi connectivity index (χ1v) is 18.1. The highest BCUT2D eigenvalue weighted by Gasteiger charge is 2.21. The smallest absolute Gasteiger partial charge is 0.307 e. The number of hydrogen-bond acceptors (Lipinski definition) is 4. The van der Waals surface area contributed by atoms with Gasteiger partial charge in [0, 0.05) is 24.0 Å². The minimum atomic E-state index is -0.940. The van der Waals surface area contributed by atoms with E-state index in [9.17, 15) is 24.6 Å². The second-order valence-electron chi connectivity index (χ2n) is 12.9. The highest BCUT2D eigenvalue weighted by molar-refractivity contribution is 6.03. The molecule has 7 nitrogen and oxygen atoms in total. The highest BCUT2D eigenvalue weighted by Crippen LogP contribution is 2.28. The van der Waals surface area contributed by atoms with Gasteiger partial charge >= 0.3 is 5.97 Å². The molecule has 0 aliphatic heterocycles. The highest BCUT2D eigenvalue weighted by atomic mass is 16.4. The summed E-state index contributed by atoms with van der Waals surface area (Å²) >= 11 is 0. The summed E-state index contributed by atoms with van der Waals surface area (Å²) in [5.74, 6) is -2.34. The summed E-state index contributed by atoms with van der Waals surface area (Å²) in [4.78, 5) is 37.1. The zero-order chi connectivity index (χ0) is 34.4. The van der Waals surface area contributed by atoms with E-state index in [0.29, 0.717) is 30.5 Å². The molecule has 3 aromatic rings. The third-order valence-corrected chi connectivity index (χ3v) is 8.93. The molecular formula is C41H56N2O5. The second kappa shape index (κ2) is 22.4. The van der Waals surface area contributed by atoms with Gasteiger partial charge in [0.05, 0.1) is 11.5 Å². The topological polar surface area (TPSA) is 116 Å². The van der Waals surface area contributed by atoms with Crippen molar-refractivity contribution in [2.45, 2.75) is 116 Å². The molecule has 0 saturated carbocycles. The molecule has 0 bridgehead atoms. The van der Waals surface area contributed by atoms with Crippen LogP contribution in [0.25, 0.3) is 10.8 Å². The van der Waals surface area contributed by atoms with E-state index < -0.39 is 11.9 Å². The van der Waals surface area contributed by atoms with Crippen LogP contribution in [0.5, 0.6) is 5.75 Å². The largest absolute Gasteiger partial charge is 0.506 e. The first-order valence-electron chi connectivity index (χ1n) is 18.1. The number of aliphatic carboxylic acids is 1. The minimum absolute atomic E-state index is 0.0299. The van der Waals surface area contributed by atoms with Crippen molar-refractivity contribution in [2.24, 2.45) is 5.92 Å². The number of nitrogens with one attached hydrogen (secondary N) is 2. The molecule has 3 aromatic carbocycles. The molecular weight excluding hydrogens is 600 g/mol. The van der Waals surface area contributed by atoms with Crippen LogP contribution in [0.3, 0.4) is 0 Å². The van der Waals surface area contributed by atoms with E-state index in [0.717, 1.165) is 30.2 Å². The number of rotatable bonds is 24. The molecule has 0 saturated heterocycles. The lowest BCUT2D eigenvalue weighted by molar-refractivity contribution is -0.143. The number of fused-ring (bicyclic) bond motifs is 1. The summed E-state index contributed by atoms with van der Waals surface area (Å²) in [5, 5.41) is 27.4. The quantitative estimate of drug-likeness (QED) is 0.0566. The molecule has 0 aromatic heterocycles. The number of hydrogen-bond donors (Lipinski definition) is 4. The number of phenols is 1. The van der Waals surface area contributed by atoms with Crippen molar-refractivity contribution in [1.82, 2.24) is 5.32 Å². The van der Waals surface area contributed by atoms with Crippen molar-refractivity contribution < 1.29 is 24.6 Å². The third-order valence-electron chi connectivity index (χ3n) is 8.93. The van der Waals surface area contributed by atoms with Crippen molar-refractivity contribution in [2.75, 3.05) is 11.9 Å². The molecule has 260 valence electrons. The molecule has 0 fully saturated rings. The fourth-order valence-electron chi connectivity index (χ4n) is 6.00. The van der Waals surface area contributed by atoms with E-state index >= 15 is 0 Å². The summed E-state index contributed by atoms with van der Waals surface area (Å²) in [7, 11) is 0. The monoisotopic (exact) mass is 656 g/mol. The normalized spacial score (nSPS) is 11.9. The predicted molar refractivity (Wildman–Crippen MR) is 197 cm³/mol. The van der Waals surface area contributed by atoms with Gasteiger partial charge in [-0.2, -0.15) is 0 Å². The summed E-state index contributed by atoms with van der Waals surface area (Å²) in [5.41, 5.74) is 1.80. The van der Waals surface area contributed by atoms with Crippen molar-refractivity contribution in [3.05, 3.63) is 83.9 Å². The Hall–Kier alpha value is -4.13. The fourth-order valence-corrected chi connectivity index (χ4v) is 6.00. The number of carbonyl (C=O) groups is 3. The van der Waals surface area contributed by atoms with Crippen LogP contribution in [-0.2, 0) is 16.0 Å². The summed E-state index contributed by atoms with van der Waals surface area (Å²) in [6.45, 7) is 2.64. The zero-order valence-corrected chi connectivity index (χ0v) is 28.9. The molecule has 0 aliphatic carbocycles. The lowest BCUT2D eigenvalue weighted by atomic mass is 9.97. The first-order chi connectivity index (χ1) is 23.4. The Labute approximate surface area is 287 Å². The zero-order valence-electron chi connectivity index (χ0n) is 28.9. The lowest BCUT2D eigenvalue weighted by Gasteiger charge is -2.12. The van der Waals surface area contributed by atoms with Crippen LogP contribution < -0.4 is 10.6 Å². The van der Waals surface area contributed by atoms with Crippen LogP contribution in [-0.4, -0.2) is 34.5 Å². The summed E-state index contributed by atoms with van der Waals surface area (Å²) < 4.78 is 0. The van der Waals surface area contributed by atoms with Crippen LogP contribution in [0.1, 0.15) is 126 Å². The van der Waals surface area contributed by atoms with Crippen LogP contribution in [0.2, 0.25) is 0 Å². The molecule has 0 radical (unpaired) electrons. The molecule has 48 heavy (non-hydrogen) atoms. The minimum Gasteiger partial charge on any atom is -0.506 e. The average Bonchev–Trinajstić information content (AvgIpc) is 3.08.